The third kappa shape index (κ3) is 4.51. The van der Waals surface area contributed by atoms with Crippen molar-refractivity contribution in [3.8, 4) is 0 Å². The molecule has 0 aromatic heterocycles. The number of nitrogens with one attached hydrogen (secondary N) is 1. The summed E-state index contributed by atoms with van der Waals surface area (Å²) in [7, 11) is -3.65. The minimum atomic E-state index is -3.65. The highest BCUT2D eigenvalue weighted by Crippen LogP contribution is 2.35. The Morgan fingerprint density at radius 3 is 2.67 bits per heavy atom. The van der Waals surface area contributed by atoms with Crippen molar-refractivity contribution >= 4 is 39.1 Å². The molecule has 10 heteroatoms. The van der Waals surface area contributed by atoms with Gasteiger partial charge in [0.2, 0.25) is 11.8 Å². The lowest BCUT2D eigenvalue weighted by Gasteiger charge is -2.37. The lowest BCUT2D eigenvalue weighted by Crippen LogP contribution is -2.47. The molecule has 30 heavy (non-hydrogen) atoms. The number of sulfone groups is 1. The Balaban J connectivity index is 1.37. The summed E-state index contributed by atoms with van der Waals surface area (Å²) in [5.41, 5.74) is 0.514. The minimum Gasteiger partial charge on any atom is -0.347 e. The van der Waals surface area contributed by atoms with E-state index in [1.165, 1.54) is 17.8 Å². The molecule has 4 rings (SSSR count). The number of rotatable bonds is 4. The molecule has 0 radical (unpaired) electrons. The number of benzene rings is 1. The van der Waals surface area contributed by atoms with Crippen LogP contribution in [-0.4, -0.2) is 68.7 Å². The summed E-state index contributed by atoms with van der Waals surface area (Å²) in [5.74, 6) is -0.639. The highest BCUT2D eigenvalue weighted by Gasteiger charge is 2.40. The maximum absolute atomic E-state index is 12.8. The molecule has 1 aromatic carbocycles. The smallest absolute Gasteiger partial charge is 0.228 e. The molecule has 1 N–H and O–H groups in total. The molecule has 3 heterocycles. The summed E-state index contributed by atoms with van der Waals surface area (Å²) in [5, 5.41) is 2.80. The van der Waals surface area contributed by atoms with Crippen LogP contribution in [0.2, 0.25) is 0 Å². The van der Waals surface area contributed by atoms with Crippen molar-refractivity contribution in [1.29, 1.82) is 0 Å². The fourth-order valence-electron chi connectivity index (χ4n) is 3.85. The standard InChI is InChI=1S/C20H26N2O6S2/c1-14-13-29-17-3-2-15(12-16(17)21-19(14)24)30(25,26)11-4-18(23)22-7-5-20(6-8-22)27-9-10-28-20/h2-3,12,14H,4-11,13H2,1H3,(H,21,24)/t14-/m0/s1. The second-order valence-corrected chi connectivity index (χ2v) is 11.1. The summed E-state index contributed by atoms with van der Waals surface area (Å²) in [6, 6.07) is 4.77. The van der Waals surface area contributed by atoms with E-state index in [1.807, 2.05) is 6.92 Å². The molecule has 1 spiro atoms. The van der Waals surface area contributed by atoms with Gasteiger partial charge in [-0.15, -0.1) is 11.8 Å². The SMILES string of the molecule is C[C@H]1CSc2ccc(S(=O)(=O)CCC(=O)N3CCC4(CC3)OCCO4)cc2NC1=O. The predicted molar refractivity (Wildman–Crippen MR) is 112 cm³/mol. The van der Waals surface area contributed by atoms with E-state index in [1.54, 1.807) is 17.0 Å². The van der Waals surface area contributed by atoms with Gasteiger partial charge in [-0.3, -0.25) is 9.59 Å². The summed E-state index contributed by atoms with van der Waals surface area (Å²) in [6.07, 6.45) is 1.13. The van der Waals surface area contributed by atoms with E-state index in [9.17, 15) is 18.0 Å². The van der Waals surface area contributed by atoms with Gasteiger partial charge in [-0.1, -0.05) is 6.92 Å². The monoisotopic (exact) mass is 454 g/mol. The molecule has 0 aliphatic carbocycles. The van der Waals surface area contributed by atoms with Gasteiger partial charge < -0.3 is 19.7 Å². The molecule has 2 saturated heterocycles. The number of carbonyl (C=O) groups is 2. The first-order chi connectivity index (χ1) is 14.3. The van der Waals surface area contributed by atoms with Gasteiger partial charge in [0.1, 0.15) is 0 Å². The maximum Gasteiger partial charge on any atom is 0.228 e. The van der Waals surface area contributed by atoms with E-state index in [-0.39, 0.29) is 34.8 Å². The van der Waals surface area contributed by atoms with Crippen LogP contribution in [0.5, 0.6) is 0 Å². The molecule has 0 unspecified atom stereocenters. The number of carbonyl (C=O) groups excluding carboxylic acids is 2. The van der Waals surface area contributed by atoms with Crippen molar-refractivity contribution in [3.63, 3.8) is 0 Å². The van der Waals surface area contributed by atoms with Crippen molar-refractivity contribution in [2.45, 2.75) is 41.8 Å². The van der Waals surface area contributed by atoms with E-state index in [4.69, 9.17) is 9.47 Å². The van der Waals surface area contributed by atoms with Gasteiger partial charge in [0.05, 0.1) is 29.5 Å². The van der Waals surface area contributed by atoms with Gasteiger partial charge in [0.15, 0.2) is 15.6 Å². The average molecular weight is 455 g/mol. The average Bonchev–Trinajstić information content (AvgIpc) is 3.13. The number of likely N-dealkylation sites (tertiary alicyclic amines) is 1. The van der Waals surface area contributed by atoms with Crippen molar-refractivity contribution in [2.75, 3.05) is 43.1 Å². The van der Waals surface area contributed by atoms with Gasteiger partial charge in [0.25, 0.3) is 0 Å². The third-order valence-electron chi connectivity index (χ3n) is 5.78. The molecular weight excluding hydrogens is 428 g/mol. The molecule has 2 amide bonds. The van der Waals surface area contributed by atoms with Gasteiger partial charge in [-0.25, -0.2) is 8.42 Å². The Bertz CT molecular complexity index is 933. The predicted octanol–water partition coefficient (Wildman–Crippen LogP) is 1.90. The van der Waals surface area contributed by atoms with Crippen LogP contribution in [0, 0.1) is 5.92 Å². The Morgan fingerprint density at radius 2 is 1.97 bits per heavy atom. The zero-order chi connectivity index (χ0) is 21.4. The number of anilines is 1. The Hall–Kier alpha value is -1.62. The van der Waals surface area contributed by atoms with Crippen LogP contribution in [0.1, 0.15) is 26.2 Å². The number of ether oxygens (including phenoxy) is 2. The molecule has 164 valence electrons. The molecule has 1 aromatic rings. The second-order valence-electron chi connectivity index (χ2n) is 7.92. The highest BCUT2D eigenvalue weighted by atomic mass is 32.2. The largest absolute Gasteiger partial charge is 0.347 e. The van der Waals surface area contributed by atoms with Gasteiger partial charge in [-0.2, -0.15) is 0 Å². The maximum atomic E-state index is 12.8. The molecule has 3 aliphatic rings. The van der Waals surface area contributed by atoms with Crippen molar-refractivity contribution < 1.29 is 27.5 Å². The summed E-state index contributed by atoms with van der Waals surface area (Å²) in [6.45, 7) is 3.99. The first-order valence-corrected chi connectivity index (χ1v) is 12.8. The Kier molecular flexibility index (Phi) is 6.11. The Morgan fingerprint density at radius 1 is 1.27 bits per heavy atom. The van der Waals surface area contributed by atoms with Crippen molar-refractivity contribution in [2.24, 2.45) is 5.92 Å². The van der Waals surface area contributed by atoms with E-state index in [0.717, 1.165) is 4.90 Å². The summed E-state index contributed by atoms with van der Waals surface area (Å²) in [4.78, 5) is 27.3. The fourth-order valence-corrected chi connectivity index (χ4v) is 6.12. The summed E-state index contributed by atoms with van der Waals surface area (Å²) >= 11 is 1.53. The van der Waals surface area contributed by atoms with Gasteiger partial charge >= 0.3 is 0 Å². The van der Waals surface area contributed by atoms with Crippen LogP contribution in [0.4, 0.5) is 5.69 Å². The van der Waals surface area contributed by atoms with Crippen LogP contribution >= 0.6 is 11.8 Å². The molecule has 1 atom stereocenters. The minimum absolute atomic E-state index is 0.0771. The number of fused-ring (bicyclic) bond motifs is 1. The van der Waals surface area contributed by atoms with Gasteiger partial charge in [0, 0.05) is 48.9 Å². The first kappa shape index (κ1) is 21.6. The van der Waals surface area contributed by atoms with E-state index in [2.05, 4.69) is 5.32 Å². The quantitative estimate of drug-likeness (QED) is 0.741. The highest BCUT2D eigenvalue weighted by molar-refractivity contribution is 7.99. The number of thioether (sulfide) groups is 1. The normalized spacial score (nSPS) is 23.7. The topological polar surface area (TPSA) is 102 Å². The molecule has 3 aliphatic heterocycles. The lowest BCUT2D eigenvalue weighted by molar-refractivity contribution is -0.187. The number of nitrogens with zero attached hydrogens (tertiary/aromatic N) is 1. The van der Waals surface area contributed by atoms with Crippen LogP contribution in [0.25, 0.3) is 0 Å². The molecule has 0 bridgehead atoms. The molecular formula is C20H26N2O6S2. The number of piperidine rings is 1. The first-order valence-electron chi connectivity index (χ1n) is 10.1. The second kappa shape index (κ2) is 8.49. The van der Waals surface area contributed by atoms with Gasteiger partial charge in [-0.05, 0) is 18.2 Å². The number of amides is 2. The molecule has 2 fully saturated rings. The Labute approximate surface area is 180 Å². The van der Waals surface area contributed by atoms with Crippen LogP contribution in [0.15, 0.2) is 28.0 Å². The molecule has 8 nitrogen and oxygen atoms in total. The van der Waals surface area contributed by atoms with E-state index in [0.29, 0.717) is 50.6 Å². The van der Waals surface area contributed by atoms with Crippen LogP contribution in [0.3, 0.4) is 0 Å². The number of hydrogen-bond donors (Lipinski definition) is 1. The zero-order valence-corrected chi connectivity index (χ0v) is 18.5. The summed E-state index contributed by atoms with van der Waals surface area (Å²) < 4.78 is 36.9. The number of hydrogen-bond acceptors (Lipinski definition) is 7. The molecule has 0 saturated carbocycles. The lowest BCUT2D eigenvalue weighted by atomic mass is 10.0. The van der Waals surface area contributed by atoms with Crippen molar-refractivity contribution in [1.82, 2.24) is 4.90 Å². The van der Waals surface area contributed by atoms with Crippen LogP contribution < -0.4 is 5.32 Å². The van der Waals surface area contributed by atoms with Crippen LogP contribution in [-0.2, 0) is 28.9 Å². The van der Waals surface area contributed by atoms with E-state index >= 15 is 0 Å². The van der Waals surface area contributed by atoms with Crippen molar-refractivity contribution in [3.05, 3.63) is 18.2 Å². The zero-order valence-electron chi connectivity index (χ0n) is 16.9. The van der Waals surface area contributed by atoms with E-state index < -0.39 is 15.6 Å². The third-order valence-corrected chi connectivity index (χ3v) is 8.83. The fraction of sp³-hybridized carbons (Fsp3) is 0.600.